The topological polar surface area (TPSA) is 28.2 Å². The molecular formula is C17H31N3S. The van der Waals surface area contributed by atoms with Crippen LogP contribution >= 0.6 is 11.3 Å². The van der Waals surface area contributed by atoms with E-state index in [1.54, 1.807) is 0 Å². The molecule has 1 fully saturated rings. The minimum absolute atomic E-state index is 0.395. The Morgan fingerprint density at radius 2 is 1.95 bits per heavy atom. The molecule has 0 spiro atoms. The third kappa shape index (κ3) is 4.19. The van der Waals surface area contributed by atoms with E-state index in [-0.39, 0.29) is 0 Å². The van der Waals surface area contributed by atoms with Crippen LogP contribution < -0.4 is 10.2 Å². The highest BCUT2D eigenvalue weighted by Crippen LogP contribution is 2.35. The van der Waals surface area contributed by atoms with Gasteiger partial charge < -0.3 is 10.2 Å². The fourth-order valence-corrected chi connectivity index (χ4v) is 4.32. The summed E-state index contributed by atoms with van der Waals surface area (Å²) in [4.78, 5) is 8.90. The number of aromatic nitrogens is 1. The molecule has 1 aliphatic rings. The van der Waals surface area contributed by atoms with Crippen LogP contribution in [0.2, 0.25) is 0 Å². The molecular weight excluding hydrogens is 278 g/mol. The molecule has 1 aliphatic carbocycles. The average molecular weight is 310 g/mol. The summed E-state index contributed by atoms with van der Waals surface area (Å²) in [6.07, 6.45) is 6.70. The molecule has 1 unspecified atom stereocenters. The van der Waals surface area contributed by atoms with Crippen LogP contribution in [-0.2, 0) is 0 Å². The molecule has 0 amide bonds. The molecule has 0 saturated heterocycles. The minimum Gasteiger partial charge on any atom is -0.345 e. The van der Waals surface area contributed by atoms with Crippen LogP contribution in [0.15, 0.2) is 0 Å². The first kappa shape index (κ1) is 16.8. The second-order valence-electron chi connectivity index (χ2n) is 6.77. The summed E-state index contributed by atoms with van der Waals surface area (Å²) in [5.74, 6) is 0.755. The highest BCUT2D eigenvalue weighted by atomic mass is 32.1. The maximum Gasteiger partial charge on any atom is 0.186 e. The van der Waals surface area contributed by atoms with E-state index in [0.29, 0.717) is 12.1 Å². The lowest BCUT2D eigenvalue weighted by Crippen LogP contribution is -2.34. The third-order valence-electron chi connectivity index (χ3n) is 4.61. The van der Waals surface area contributed by atoms with Gasteiger partial charge in [0.1, 0.15) is 0 Å². The number of nitrogens with zero attached hydrogens (tertiary/aromatic N) is 2. The van der Waals surface area contributed by atoms with Crippen LogP contribution in [0.4, 0.5) is 5.13 Å². The van der Waals surface area contributed by atoms with Gasteiger partial charge in [0.05, 0.1) is 5.69 Å². The highest BCUT2D eigenvalue weighted by Gasteiger charge is 2.26. The Balaban J connectivity index is 2.19. The zero-order chi connectivity index (χ0) is 15.4. The van der Waals surface area contributed by atoms with E-state index in [1.165, 1.54) is 47.8 Å². The predicted octanol–water partition coefficient (Wildman–Crippen LogP) is 4.53. The van der Waals surface area contributed by atoms with Crippen LogP contribution in [0.1, 0.15) is 69.5 Å². The lowest BCUT2D eigenvalue weighted by Gasteiger charge is -2.29. The van der Waals surface area contributed by atoms with Crippen molar-refractivity contribution in [2.24, 2.45) is 5.92 Å². The molecule has 1 aromatic rings. The largest absolute Gasteiger partial charge is 0.345 e. The maximum absolute atomic E-state index is 4.91. The molecule has 0 aromatic carbocycles. The summed E-state index contributed by atoms with van der Waals surface area (Å²) in [5.41, 5.74) is 1.20. The lowest BCUT2D eigenvalue weighted by molar-refractivity contribution is 0.527. The first-order valence-corrected chi connectivity index (χ1v) is 9.25. The van der Waals surface area contributed by atoms with Gasteiger partial charge in [-0.25, -0.2) is 4.98 Å². The van der Waals surface area contributed by atoms with Gasteiger partial charge in [0.2, 0.25) is 0 Å². The summed E-state index contributed by atoms with van der Waals surface area (Å²) in [6, 6.07) is 1.11. The summed E-state index contributed by atoms with van der Waals surface area (Å²) in [5, 5.41) is 4.59. The van der Waals surface area contributed by atoms with Crippen molar-refractivity contribution in [1.82, 2.24) is 10.3 Å². The van der Waals surface area contributed by atoms with Gasteiger partial charge >= 0.3 is 0 Å². The lowest BCUT2D eigenvalue weighted by atomic mass is 10.1. The standard InChI is InChI=1S/C17H31N3S/c1-12(2)10-11-20(15-8-6-7-9-15)17-19-14(4)16(21-17)13(3)18-5/h12-13,15,18H,6-11H2,1-5H3. The minimum atomic E-state index is 0.395. The van der Waals surface area contributed by atoms with Crippen molar-refractivity contribution in [3.8, 4) is 0 Å². The van der Waals surface area contributed by atoms with Gasteiger partial charge in [0.15, 0.2) is 5.13 Å². The van der Waals surface area contributed by atoms with Crippen molar-refractivity contribution in [3.05, 3.63) is 10.6 Å². The van der Waals surface area contributed by atoms with Crippen LogP contribution in [0.3, 0.4) is 0 Å². The molecule has 1 heterocycles. The summed E-state index contributed by atoms with van der Waals surface area (Å²) < 4.78 is 0. The van der Waals surface area contributed by atoms with Crippen molar-refractivity contribution >= 4 is 16.5 Å². The zero-order valence-corrected chi connectivity index (χ0v) is 15.1. The van der Waals surface area contributed by atoms with Crippen molar-refractivity contribution in [1.29, 1.82) is 0 Å². The highest BCUT2D eigenvalue weighted by molar-refractivity contribution is 7.15. The van der Waals surface area contributed by atoms with Crippen molar-refractivity contribution in [3.63, 3.8) is 0 Å². The molecule has 1 N–H and O–H groups in total. The Morgan fingerprint density at radius 3 is 2.52 bits per heavy atom. The first-order chi connectivity index (χ1) is 10.0. The van der Waals surface area contributed by atoms with Crippen LogP contribution in [0.25, 0.3) is 0 Å². The molecule has 21 heavy (non-hydrogen) atoms. The van der Waals surface area contributed by atoms with Crippen molar-refractivity contribution in [2.45, 2.75) is 71.9 Å². The van der Waals surface area contributed by atoms with Crippen molar-refractivity contribution < 1.29 is 0 Å². The number of hydrogen-bond acceptors (Lipinski definition) is 4. The molecule has 120 valence electrons. The number of hydrogen-bond donors (Lipinski definition) is 1. The molecule has 1 aromatic heterocycles. The monoisotopic (exact) mass is 309 g/mol. The first-order valence-electron chi connectivity index (χ1n) is 8.44. The molecule has 1 atom stereocenters. The fourth-order valence-electron chi connectivity index (χ4n) is 3.10. The van der Waals surface area contributed by atoms with Crippen LogP contribution in [0, 0.1) is 12.8 Å². The summed E-state index contributed by atoms with van der Waals surface area (Å²) >= 11 is 1.89. The number of rotatable bonds is 7. The summed E-state index contributed by atoms with van der Waals surface area (Å²) in [7, 11) is 2.02. The number of aryl methyl sites for hydroxylation is 1. The average Bonchev–Trinajstić information content (AvgIpc) is 3.08. The summed E-state index contributed by atoms with van der Waals surface area (Å²) in [6.45, 7) is 10.2. The van der Waals surface area contributed by atoms with E-state index < -0.39 is 0 Å². The Morgan fingerprint density at radius 1 is 1.29 bits per heavy atom. The molecule has 1 saturated carbocycles. The molecule has 2 rings (SSSR count). The van der Waals surface area contributed by atoms with E-state index in [9.17, 15) is 0 Å². The predicted molar refractivity (Wildman–Crippen MR) is 93.4 cm³/mol. The van der Waals surface area contributed by atoms with Gasteiger partial charge in [0, 0.05) is 23.5 Å². The zero-order valence-electron chi connectivity index (χ0n) is 14.3. The number of nitrogens with one attached hydrogen (secondary N) is 1. The molecule has 0 bridgehead atoms. The second-order valence-corrected chi connectivity index (χ2v) is 7.78. The Hall–Kier alpha value is -0.610. The van der Waals surface area contributed by atoms with Crippen LogP contribution in [-0.4, -0.2) is 24.6 Å². The number of thiazole rings is 1. The van der Waals surface area contributed by atoms with E-state index in [4.69, 9.17) is 4.98 Å². The Kier molecular flexibility index (Phi) is 6.06. The van der Waals surface area contributed by atoms with E-state index in [0.717, 1.165) is 12.5 Å². The quantitative estimate of drug-likeness (QED) is 0.802. The van der Waals surface area contributed by atoms with Gasteiger partial charge in [-0.1, -0.05) is 26.7 Å². The fraction of sp³-hybridized carbons (Fsp3) is 0.824. The second kappa shape index (κ2) is 7.59. The van der Waals surface area contributed by atoms with Gasteiger partial charge in [-0.15, -0.1) is 11.3 Å². The van der Waals surface area contributed by atoms with Gasteiger partial charge in [-0.2, -0.15) is 0 Å². The van der Waals surface area contributed by atoms with Gasteiger partial charge in [0.25, 0.3) is 0 Å². The van der Waals surface area contributed by atoms with E-state index in [2.05, 4.69) is 37.9 Å². The smallest absolute Gasteiger partial charge is 0.186 e. The van der Waals surface area contributed by atoms with Crippen molar-refractivity contribution in [2.75, 3.05) is 18.5 Å². The maximum atomic E-state index is 4.91. The molecule has 0 radical (unpaired) electrons. The SMILES string of the molecule is CNC(C)c1sc(N(CCC(C)C)C2CCCC2)nc1C. The molecule has 4 heteroatoms. The third-order valence-corrected chi connectivity index (χ3v) is 5.98. The molecule has 0 aliphatic heterocycles. The Labute approximate surface area is 134 Å². The van der Waals surface area contributed by atoms with E-state index in [1.807, 2.05) is 18.4 Å². The van der Waals surface area contributed by atoms with Gasteiger partial charge in [-0.05, 0) is 46.1 Å². The van der Waals surface area contributed by atoms with Crippen LogP contribution in [0.5, 0.6) is 0 Å². The number of anilines is 1. The van der Waals surface area contributed by atoms with Gasteiger partial charge in [-0.3, -0.25) is 0 Å². The molecule has 3 nitrogen and oxygen atoms in total. The Bertz CT molecular complexity index is 435. The normalized spacial score (nSPS) is 17.6. The van der Waals surface area contributed by atoms with E-state index >= 15 is 0 Å².